The van der Waals surface area contributed by atoms with Crippen LogP contribution in [0.2, 0.25) is 0 Å². The maximum atomic E-state index is 11.2. The summed E-state index contributed by atoms with van der Waals surface area (Å²) in [6.45, 7) is 2.05. The van der Waals surface area contributed by atoms with E-state index >= 15 is 0 Å². The van der Waals surface area contributed by atoms with Gasteiger partial charge >= 0.3 is 12.1 Å². The number of hydrogen-bond acceptors (Lipinski definition) is 5. The zero-order valence-corrected chi connectivity index (χ0v) is 9.30. The molecule has 0 unspecified atom stereocenters. The van der Waals surface area contributed by atoms with Crippen LogP contribution in [-0.4, -0.2) is 23.8 Å². The predicted octanol–water partition coefficient (Wildman–Crippen LogP) is 1.89. The van der Waals surface area contributed by atoms with Crippen LogP contribution < -0.4 is 10.5 Å². The second-order valence-electron chi connectivity index (χ2n) is 3.26. The van der Waals surface area contributed by atoms with Crippen LogP contribution in [0.15, 0.2) is 18.2 Å². The van der Waals surface area contributed by atoms with Gasteiger partial charge in [0.2, 0.25) is 0 Å². The largest absolute Gasteiger partial charge is 0.513 e. The van der Waals surface area contributed by atoms with Crippen molar-refractivity contribution in [1.29, 1.82) is 0 Å². The van der Waals surface area contributed by atoms with Crippen molar-refractivity contribution in [2.45, 2.75) is 13.3 Å². The number of aromatic carboxylic acids is 1. The zero-order valence-electron chi connectivity index (χ0n) is 9.30. The number of benzene rings is 1. The molecule has 0 atom stereocenters. The Balaban J connectivity index is 2.83. The number of rotatable bonds is 4. The number of carboxylic acids is 1. The summed E-state index contributed by atoms with van der Waals surface area (Å²) >= 11 is 0. The van der Waals surface area contributed by atoms with Crippen LogP contribution in [0.3, 0.4) is 0 Å². The molecule has 0 aromatic heterocycles. The summed E-state index contributed by atoms with van der Waals surface area (Å²) in [7, 11) is 0. The number of anilines is 1. The van der Waals surface area contributed by atoms with E-state index in [-0.39, 0.29) is 23.6 Å². The van der Waals surface area contributed by atoms with Crippen molar-refractivity contribution in [3.05, 3.63) is 23.8 Å². The minimum absolute atomic E-state index is 0.0900. The average molecular weight is 239 g/mol. The van der Waals surface area contributed by atoms with Gasteiger partial charge in [0.15, 0.2) is 0 Å². The molecule has 1 aromatic rings. The van der Waals surface area contributed by atoms with Crippen molar-refractivity contribution in [1.82, 2.24) is 0 Å². The van der Waals surface area contributed by atoms with Gasteiger partial charge in [-0.1, -0.05) is 6.92 Å². The van der Waals surface area contributed by atoms with E-state index in [0.29, 0.717) is 6.42 Å². The van der Waals surface area contributed by atoms with Crippen LogP contribution in [0.1, 0.15) is 23.7 Å². The van der Waals surface area contributed by atoms with Gasteiger partial charge in [0.25, 0.3) is 0 Å². The Bertz CT molecular complexity index is 430. The normalized spacial score (nSPS) is 9.71. The zero-order chi connectivity index (χ0) is 12.8. The molecule has 0 spiro atoms. The van der Waals surface area contributed by atoms with Crippen molar-refractivity contribution >= 4 is 17.8 Å². The van der Waals surface area contributed by atoms with Gasteiger partial charge in [-0.05, 0) is 24.6 Å². The van der Waals surface area contributed by atoms with Gasteiger partial charge in [0.05, 0.1) is 6.61 Å². The van der Waals surface area contributed by atoms with E-state index in [1.54, 1.807) is 0 Å². The topological polar surface area (TPSA) is 98.9 Å². The fraction of sp³-hybridized carbons (Fsp3) is 0.273. The minimum Gasteiger partial charge on any atom is -0.478 e. The highest BCUT2D eigenvalue weighted by molar-refractivity contribution is 5.92. The molecule has 0 aliphatic carbocycles. The maximum absolute atomic E-state index is 11.2. The van der Waals surface area contributed by atoms with Gasteiger partial charge in [0.1, 0.15) is 11.3 Å². The average Bonchev–Trinajstić information content (AvgIpc) is 2.28. The first-order chi connectivity index (χ1) is 8.04. The third kappa shape index (κ3) is 3.67. The Morgan fingerprint density at radius 2 is 2.12 bits per heavy atom. The molecule has 0 bridgehead atoms. The number of nitrogen functional groups attached to an aromatic ring is 1. The third-order valence-electron chi connectivity index (χ3n) is 1.85. The quantitative estimate of drug-likeness (QED) is 0.473. The number of nitrogens with two attached hydrogens (primary N) is 1. The molecule has 0 amide bonds. The lowest BCUT2D eigenvalue weighted by molar-refractivity contribution is 0.0689. The fourth-order valence-electron chi connectivity index (χ4n) is 1.11. The molecule has 0 aliphatic rings. The van der Waals surface area contributed by atoms with Crippen molar-refractivity contribution in [3.8, 4) is 5.75 Å². The van der Waals surface area contributed by atoms with Crippen LogP contribution in [0.25, 0.3) is 0 Å². The standard InChI is InChI=1S/C11H13NO5/c1-2-5-16-11(15)17-9-4-3-7(12)6-8(9)10(13)14/h3-4,6H,2,5,12H2,1H3,(H,13,14). The first-order valence-corrected chi connectivity index (χ1v) is 5.02. The van der Waals surface area contributed by atoms with Crippen molar-refractivity contribution in [2.75, 3.05) is 12.3 Å². The van der Waals surface area contributed by atoms with Gasteiger partial charge in [-0.3, -0.25) is 0 Å². The summed E-state index contributed by atoms with van der Waals surface area (Å²) in [5, 5.41) is 8.89. The molecule has 0 heterocycles. The molecule has 1 aromatic carbocycles. The molecule has 0 saturated heterocycles. The maximum Gasteiger partial charge on any atom is 0.513 e. The molecule has 17 heavy (non-hydrogen) atoms. The molecule has 6 heteroatoms. The molecule has 1 rings (SSSR count). The van der Waals surface area contributed by atoms with Crippen molar-refractivity contribution in [2.24, 2.45) is 0 Å². The fourth-order valence-corrected chi connectivity index (χ4v) is 1.11. The van der Waals surface area contributed by atoms with Crippen molar-refractivity contribution in [3.63, 3.8) is 0 Å². The van der Waals surface area contributed by atoms with E-state index in [4.69, 9.17) is 15.6 Å². The SMILES string of the molecule is CCCOC(=O)Oc1ccc(N)cc1C(=O)O. The Morgan fingerprint density at radius 1 is 1.41 bits per heavy atom. The summed E-state index contributed by atoms with van der Waals surface area (Å²) in [6.07, 6.45) is -0.276. The highest BCUT2D eigenvalue weighted by Crippen LogP contribution is 2.21. The Kier molecular flexibility index (Phi) is 4.33. The number of ether oxygens (including phenoxy) is 2. The lowest BCUT2D eigenvalue weighted by atomic mass is 10.2. The summed E-state index contributed by atoms with van der Waals surface area (Å²) in [5.74, 6) is -1.32. The minimum atomic E-state index is -1.23. The molecule has 6 nitrogen and oxygen atoms in total. The molecular formula is C11H13NO5. The van der Waals surface area contributed by atoms with Crippen LogP contribution >= 0.6 is 0 Å². The van der Waals surface area contributed by atoms with E-state index < -0.39 is 12.1 Å². The molecular weight excluding hydrogens is 226 g/mol. The molecule has 0 fully saturated rings. The second-order valence-corrected chi connectivity index (χ2v) is 3.26. The Labute approximate surface area is 97.9 Å². The molecule has 0 saturated carbocycles. The second kappa shape index (κ2) is 5.74. The number of carbonyl (C=O) groups excluding carboxylic acids is 1. The van der Waals surface area contributed by atoms with Crippen LogP contribution in [0.5, 0.6) is 5.75 Å². The van der Waals surface area contributed by atoms with E-state index in [1.807, 2.05) is 6.92 Å². The summed E-state index contributed by atoms with van der Waals surface area (Å²) in [6, 6.07) is 3.96. The van der Waals surface area contributed by atoms with E-state index in [0.717, 1.165) is 0 Å². The monoisotopic (exact) mass is 239 g/mol. The van der Waals surface area contributed by atoms with Gasteiger partial charge in [-0.15, -0.1) is 0 Å². The first kappa shape index (κ1) is 12.8. The smallest absolute Gasteiger partial charge is 0.478 e. The molecule has 0 radical (unpaired) electrons. The molecule has 3 N–H and O–H groups in total. The Hall–Kier alpha value is -2.24. The lowest BCUT2D eigenvalue weighted by Crippen LogP contribution is -2.13. The highest BCUT2D eigenvalue weighted by Gasteiger charge is 2.15. The summed E-state index contributed by atoms with van der Waals surface area (Å²) in [4.78, 5) is 22.0. The van der Waals surface area contributed by atoms with Crippen LogP contribution in [0, 0.1) is 0 Å². The van der Waals surface area contributed by atoms with Gasteiger partial charge < -0.3 is 20.3 Å². The predicted molar refractivity (Wildman–Crippen MR) is 60.1 cm³/mol. The summed E-state index contributed by atoms with van der Waals surface area (Å²) < 4.78 is 9.44. The van der Waals surface area contributed by atoms with E-state index in [9.17, 15) is 9.59 Å². The number of carboxylic acid groups (broad SMARTS) is 1. The van der Waals surface area contributed by atoms with Gasteiger partial charge in [-0.2, -0.15) is 0 Å². The lowest BCUT2D eigenvalue weighted by Gasteiger charge is -2.08. The molecule has 92 valence electrons. The summed E-state index contributed by atoms with van der Waals surface area (Å²) in [5.41, 5.74) is 5.53. The van der Waals surface area contributed by atoms with Crippen LogP contribution in [-0.2, 0) is 4.74 Å². The number of carbonyl (C=O) groups is 2. The highest BCUT2D eigenvalue weighted by atomic mass is 16.7. The van der Waals surface area contributed by atoms with Gasteiger partial charge in [-0.25, -0.2) is 9.59 Å². The van der Waals surface area contributed by atoms with Gasteiger partial charge in [0, 0.05) is 5.69 Å². The third-order valence-corrected chi connectivity index (χ3v) is 1.85. The molecule has 0 aliphatic heterocycles. The first-order valence-electron chi connectivity index (χ1n) is 5.02. The van der Waals surface area contributed by atoms with E-state index in [1.165, 1.54) is 18.2 Å². The number of hydrogen-bond donors (Lipinski definition) is 2. The van der Waals surface area contributed by atoms with Crippen molar-refractivity contribution < 1.29 is 24.2 Å². The Morgan fingerprint density at radius 3 is 2.71 bits per heavy atom. The van der Waals surface area contributed by atoms with E-state index in [2.05, 4.69) is 4.74 Å². The van der Waals surface area contributed by atoms with Crippen LogP contribution in [0.4, 0.5) is 10.5 Å².